The van der Waals surface area contributed by atoms with E-state index in [9.17, 15) is 19.2 Å². The molecule has 0 radical (unpaired) electrons. The fourth-order valence-electron chi connectivity index (χ4n) is 3.23. The van der Waals surface area contributed by atoms with E-state index in [1.165, 1.54) is 17.7 Å². The molecule has 1 atom stereocenters. The third kappa shape index (κ3) is 5.63. The predicted octanol–water partition coefficient (Wildman–Crippen LogP) is 1.12. The topological polar surface area (TPSA) is 113 Å². The molecule has 156 valence electrons. The summed E-state index contributed by atoms with van der Waals surface area (Å²) in [5, 5.41) is 10.8. The Labute approximate surface area is 169 Å². The number of hydrogen-bond acceptors (Lipinski definition) is 5. The van der Waals surface area contributed by atoms with Crippen LogP contribution in [0.25, 0.3) is 0 Å². The van der Waals surface area contributed by atoms with Gasteiger partial charge in [-0.1, -0.05) is 31.2 Å². The molecule has 1 aliphatic heterocycles. The van der Waals surface area contributed by atoms with Gasteiger partial charge in [0.15, 0.2) is 11.7 Å². The summed E-state index contributed by atoms with van der Waals surface area (Å²) in [6.07, 6.45) is 2.50. The van der Waals surface area contributed by atoms with Gasteiger partial charge in [0.25, 0.3) is 0 Å². The molecule has 2 amide bonds. The first-order valence-electron chi connectivity index (χ1n) is 9.74. The lowest BCUT2D eigenvalue weighted by Gasteiger charge is -2.30. The summed E-state index contributed by atoms with van der Waals surface area (Å²) < 4.78 is 5.76. The minimum atomic E-state index is -1.47. The predicted molar refractivity (Wildman–Crippen MR) is 103 cm³/mol. The van der Waals surface area contributed by atoms with Crippen LogP contribution < -0.4 is 5.32 Å². The second-order valence-corrected chi connectivity index (χ2v) is 8.14. The lowest BCUT2D eigenvalue weighted by atomic mass is 9.94. The van der Waals surface area contributed by atoms with Gasteiger partial charge in [0.05, 0.1) is 13.2 Å². The quantitative estimate of drug-likeness (QED) is 0.599. The molecule has 8 nitrogen and oxygen atoms in total. The van der Waals surface area contributed by atoms with E-state index in [-0.39, 0.29) is 19.5 Å². The van der Waals surface area contributed by atoms with Gasteiger partial charge in [-0.05, 0) is 29.4 Å². The highest BCUT2D eigenvalue weighted by molar-refractivity contribution is 6.19. The van der Waals surface area contributed by atoms with Crippen LogP contribution in [0.2, 0.25) is 0 Å². The van der Waals surface area contributed by atoms with Crippen molar-refractivity contribution in [3.05, 3.63) is 35.4 Å². The van der Waals surface area contributed by atoms with E-state index < -0.39 is 36.0 Å². The minimum absolute atomic E-state index is 0.0710. The van der Waals surface area contributed by atoms with Crippen LogP contribution in [-0.4, -0.2) is 53.3 Å². The Morgan fingerprint density at radius 2 is 1.86 bits per heavy atom. The lowest BCUT2D eigenvalue weighted by molar-refractivity contribution is -0.152. The summed E-state index contributed by atoms with van der Waals surface area (Å²) in [7, 11) is 0. The number of carbonyl (C=O) groups is 4. The molecule has 0 aromatic heterocycles. The van der Waals surface area contributed by atoms with Gasteiger partial charge in [-0.15, -0.1) is 0 Å². The molecule has 2 fully saturated rings. The number of nitrogens with zero attached hydrogens (tertiary/aromatic N) is 1. The number of carboxylic acids is 1. The zero-order valence-electron chi connectivity index (χ0n) is 16.5. The lowest BCUT2D eigenvalue weighted by Crippen LogP contribution is -2.52. The number of ketones is 1. The van der Waals surface area contributed by atoms with Gasteiger partial charge in [0.1, 0.15) is 6.54 Å². The second kappa shape index (κ2) is 8.73. The van der Waals surface area contributed by atoms with E-state index in [1.54, 1.807) is 0 Å². The molecule has 1 heterocycles. The van der Waals surface area contributed by atoms with Crippen molar-refractivity contribution in [3.63, 3.8) is 0 Å². The van der Waals surface area contributed by atoms with Crippen molar-refractivity contribution in [1.29, 1.82) is 0 Å². The van der Waals surface area contributed by atoms with Crippen LogP contribution in [0.3, 0.4) is 0 Å². The summed E-state index contributed by atoms with van der Waals surface area (Å²) in [6, 6.07) is 7.70. The molecule has 1 aliphatic carbocycles. The average Bonchev–Trinajstić information content (AvgIpc) is 3.41. The Morgan fingerprint density at radius 3 is 2.48 bits per heavy atom. The van der Waals surface area contributed by atoms with Gasteiger partial charge in [0.2, 0.25) is 11.8 Å². The minimum Gasteiger partial charge on any atom is -0.480 e. The molecule has 0 bridgehead atoms. The third-order valence-electron chi connectivity index (χ3n) is 5.40. The number of piperidine rings is 1. The standard InChI is InChI=1S/C21H26N2O6/c1-21(7-8-21)13-29-12-15-4-2-14(3-5-15)11-23-9-6-16(24)18(20(23)28)19(27)22-10-17(25)26/h2-5,18H,6-13H2,1H3,(H,22,27)(H,25,26). The second-order valence-electron chi connectivity index (χ2n) is 8.14. The number of nitrogens with one attached hydrogen (secondary N) is 1. The first-order chi connectivity index (χ1) is 13.8. The number of amides is 2. The van der Waals surface area contributed by atoms with Gasteiger partial charge in [-0.3, -0.25) is 19.2 Å². The summed E-state index contributed by atoms with van der Waals surface area (Å²) in [6.45, 7) is 3.41. The normalized spacial score (nSPS) is 20.4. The number of ether oxygens (including phenoxy) is 1. The Morgan fingerprint density at radius 1 is 1.21 bits per heavy atom. The van der Waals surface area contributed by atoms with E-state index in [0.29, 0.717) is 12.0 Å². The Bertz CT molecular complexity index is 800. The maximum Gasteiger partial charge on any atom is 0.322 e. The molecule has 1 unspecified atom stereocenters. The molecule has 1 saturated heterocycles. The molecule has 1 saturated carbocycles. The van der Waals surface area contributed by atoms with Crippen LogP contribution in [0.5, 0.6) is 0 Å². The van der Waals surface area contributed by atoms with Crippen molar-refractivity contribution >= 4 is 23.6 Å². The highest BCUT2D eigenvalue weighted by atomic mass is 16.5. The van der Waals surface area contributed by atoms with Crippen LogP contribution in [0.4, 0.5) is 0 Å². The van der Waals surface area contributed by atoms with E-state index >= 15 is 0 Å². The SMILES string of the molecule is CC1(COCc2ccc(CN3CCC(=O)C(C(=O)NCC(=O)O)C3=O)cc2)CC1. The maximum absolute atomic E-state index is 12.6. The molecular formula is C21H26N2O6. The van der Waals surface area contributed by atoms with Gasteiger partial charge in [-0.25, -0.2) is 0 Å². The number of benzene rings is 1. The van der Waals surface area contributed by atoms with Gasteiger partial charge in [-0.2, -0.15) is 0 Å². The number of hydrogen-bond donors (Lipinski definition) is 2. The van der Waals surface area contributed by atoms with Crippen LogP contribution in [0, 0.1) is 11.3 Å². The summed E-state index contributed by atoms with van der Waals surface area (Å²) in [5.41, 5.74) is 2.28. The highest BCUT2D eigenvalue weighted by Crippen LogP contribution is 2.45. The van der Waals surface area contributed by atoms with Crippen LogP contribution in [-0.2, 0) is 37.1 Å². The van der Waals surface area contributed by atoms with Crippen molar-refractivity contribution in [2.75, 3.05) is 19.7 Å². The molecule has 2 N–H and O–H groups in total. The maximum atomic E-state index is 12.6. The fraction of sp³-hybridized carbons (Fsp3) is 0.524. The molecule has 3 rings (SSSR count). The molecule has 2 aliphatic rings. The van der Waals surface area contributed by atoms with E-state index in [1.807, 2.05) is 24.3 Å². The van der Waals surface area contributed by atoms with Crippen molar-refractivity contribution in [2.45, 2.75) is 39.3 Å². The van der Waals surface area contributed by atoms with Crippen molar-refractivity contribution in [2.24, 2.45) is 11.3 Å². The molecule has 1 aromatic carbocycles. The van der Waals surface area contributed by atoms with Crippen LogP contribution in [0.15, 0.2) is 24.3 Å². The number of carboxylic acid groups (broad SMARTS) is 1. The zero-order chi connectivity index (χ0) is 21.0. The Kier molecular flexibility index (Phi) is 6.32. The molecule has 8 heteroatoms. The number of likely N-dealkylation sites (tertiary alicyclic amines) is 1. The molecule has 1 aromatic rings. The smallest absolute Gasteiger partial charge is 0.322 e. The highest BCUT2D eigenvalue weighted by Gasteiger charge is 2.40. The number of rotatable bonds is 9. The van der Waals surface area contributed by atoms with Crippen molar-refractivity contribution < 1.29 is 29.0 Å². The number of carbonyl (C=O) groups excluding carboxylic acids is 3. The Balaban J connectivity index is 1.54. The zero-order valence-corrected chi connectivity index (χ0v) is 16.5. The monoisotopic (exact) mass is 402 g/mol. The third-order valence-corrected chi connectivity index (χ3v) is 5.40. The van der Waals surface area contributed by atoms with Crippen LogP contribution >= 0.6 is 0 Å². The summed E-state index contributed by atoms with van der Waals surface area (Å²) in [4.78, 5) is 48.8. The van der Waals surface area contributed by atoms with E-state index in [0.717, 1.165) is 17.7 Å². The average molecular weight is 402 g/mol. The van der Waals surface area contributed by atoms with E-state index in [4.69, 9.17) is 9.84 Å². The van der Waals surface area contributed by atoms with E-state index in [2.05, 4.69) is 12.2 Å². The largest absolute Gasteiger partial charge is 0.480 e. The van der Waals surface area contributed by atoms with Gasteiger partial charge < -0.3 is 20.1 Å². The van der Waals surface area contributed by atoms with Crippen LogP contribution in [0.1, 0.15) is 37.3 Å². The molecular weight excluding hydrogens is 376 g/mol. The number of Topliss-reactive ketones (excluding diaryl/α,β-unsaturated/α-hetero) is 1. The van der Waals surface area contributed by atoms with Gasteiger partial charge >= 0.3 is 5.97 Å². The van der Waals surface area contributed by atoms with Gasteiger partial charge in [0, 0.05) is 19.5 Å². The fourth-order valence-corrected chi connectivity index (χ4v) is 3.23. The molecule has 29 heavy (non-hydrogen) atoms. The summed E-state index contributed by atoms with van der Waals surface area (Å²) >= 11 is 0. The number of aliphatic carboxylic acids is 1. The first kappa shape index (κ1) is 21.0. The van der Waals surface area contributed by atoms with Crippen molar-refractivity contribution in [3.8, 4) is 0 Å². The van der Waals surface area contributed by atoms with Crippen molar-refractivity contribution in [1.82, 2.24) is 10.2 Å². The molecule has 0 spiro atoms. The Hall–Kier alpha value is -2.74. The summed E-state index contributed by atoms with van der Waals surface area (Å²) in [5.74, 6) is -4.63. The first-order valence-corrected chi connectivity index (χ1v) is 9.74.